The lowest BCUT2D eigenvalue weighted by Gasteiger charge is -2.34. The van der Waals surface area contributed by atoms with Crippen molar-refractivity contribution in [2.24, 2.45) is 0 Å². The lowest BCUT2D eigenvalue weighted by Crippen LogP contribution is -2.41. The average molecular weight is 495 g/mol. The zero-order valence-corrected chi connectivity index (χ0v) is 21.3. The molecular weight excluding hydrogens is 464 g/mol. The highest BCUT2D eigenvalue weighted by molar-refractivity contribution is 6.33. The van der Waals surface area contributed by atoms with E-state index in [9.17, 15) is 9.59 Å². The van der Waals surface area contributed by atoms with Crippen molar-refractivity contribution in [3.63, 3.8) is 0 Å². The number of carbonyl (C=O) groups excluding carboxylic acids is 2. The Morgan fingerprint density at radius 3 is 2.34 bits per heavy atom. The summed E-state index contributed by atoms with van der Waals surface area (Å²) in [5.41, 5.74) is 3.38. The molecule has 1 fully saturated rings. The minimum absolute atomic E-state index is 0.0458. The molecule has 2 amide bonds. The van der Waals surface area contributed by atoms with Crippen molar-refractivity contribution in [1.29, 1.82) is 0 Å². The van der Waals surface area contributed by atoms with Gasteiger partial charge in [0, 0.05) is 19.0 Å². The molecule has 2 heterocycles. The molecule has 0 saturated carbocycles. The fraction of sp³-hybridized carbons (Fsp3) is 0.370. The number of nitrogens with one attached hydrogen (secondary N) is 1. The molecular formula is C27H31ClN4O3. The standard InChI is InChI=1S/C27H31ClN4O3/c1-18-9-11-20(12-10-18)32-24(19-13-15-31(16-14-19)26(34)35-27(2,3)4)21(17-29-32)25(33)30-23-8-6-5-7-22(23)28/h5-12,17,19H,13-16H2,1-4H3,(H,30,33). The number of hydrogen-bond acceptors (Lipinski definition) is 4. The monoisotopic (exact) mass is 494 g/mol. The quantitative estimate of drug-likeness (QED) is 0.468. The van der Waals surface area contributed by atoms with Gasteiger partial charge in [-0.25, -0.2) is 9.48 Å². The first kappa shape index (κ1) is 24.8. The average Bonchev–Trinajstić information content (AvgIpc) is 3.25. The van der Waals surface area contributed by atoms with E-state index in [0.717, 1.165) is 16.9 Å². The van der Waals surface area contributed by atoms with E-state index in [2.05, 4.69) is 10.4 Å². The van der Waals surface area contributed by atoms with E-state index in [1.54, 1.807) is 23.2 Å². The Morgan fingerprint density at radius 2 is 1.71 bits per heavy atom. The molecule has 2 aromatic carbocycles. The Balaban J connectivity index is 1.62. The number of nitrogens with zero attached hydrogens (tertiary/aromatic N) is 3. The van der Waals surface area contributed by atoms with E-state index in [1.807, 2.05) is 68.8 Å². The normalized spacial score (nSPS) is 14.6. The molecule has 1 N–H and O–H groups in total. The SMILES string of the molecule is Cc1ccc(-n2ncc(C(=O)Nc3ccccc3Cl)c2C2CCN(C(=O)OC(C)(C)C)CC2)cc1. The molecule has 1 aliphatic heterocycles. The van der Waals surface area contributed by atoms with Gasteiger partial charge in [0.05, 0.1) is 33.9 Å². The number of benzene rings is 2. The highest BCUT2D eigenvalue weighted by Gasteiger charge is 2.32. The van der Waals surface area contributed by atoms with Crippen molar-refractivity contribution in [2.75, 3.05) is 18.4 Å². The zero-order valence-electron chi connectivity index (χ0n) is 20.5. The zero-order chi connectivity index (χ0) is 25.2. The number of likely N-dealkylation sites (tertiary alicyclic amines) is 1. The Morgan fingerprint density at radius 1 is 1.06 bits per heavy atom. The van der Waals surface area contributed by atoms with Crippen molar-refractivity contribution < 1.29 is 14.3 Å². The number of para-hydroxylation sites is 1. The Bertz CT molecular complexity index is 1210. The summed E-state index contributed by atoms with van der Waals surface area (Å²) < 4.78 is 7.38. The van der Waals surface area contributed by atoms with Gasteiger partial charge in [-0.05, 0) is 64.8 Å². The number of carbonyl (C=O) groups is 2. The highest BCUT2D eigenvalue weighted by atomic mass is 35.5. The van der Waals surface area contributed by atoms with Crippen LogP contribution in [-0.4, -0.2) is 45.4 Å². The number of aryl methyl sites for hydroxylation is 1. The van der Waals surface area contributed by atoms with Crippen molar-refractivity contribution in [2.45, 2.75) is 52.1 Å². The summed E-state index contributed by atoms with van der Waals surface area (Å²) in [5.74, 6) is -0.217. The van der Waals surface area contributed by atoms with Crippen LogP contribution in [0.1, 0.15) is 61.1 Å². The summed E-state index contributed by atoms with van der Waals surface area (Å²) in [6, 6.07) is 15.2. The molecule has 8 heteroatoms. The summed E-state index contributed by atoms with van der Waals surface area (Å²) in [6.45, 7) is 8.71. The number of anilines is 1. The van der Waals surface area contributed by atoms with Crippen LogP contribution in [0.3, 0.4) is 0 Å². The first-order chi connectivity index (χ1) is 16.6. The van der Waals surface area contributed by atoms with E-state index in [0.29, 0.717) is 42.2 Å². The second-order valence-corrected chi connectivity index (χ2v) is 10.3. The molecule has 0 aliphatic carbocycles. The summed E-state index contributed by atoms with van der Waals surface area (Å²) in [7, 11) is 0. The highest BCUT2D eigenvalue weighted by Crippen LogP contribution is 2.33. The number of piperidine rings is 1. The van der Waals surface area contributed by atoms with Gasteiger partial charge >= 0.3 is 6.09 Å². The first-order valence-electron chi connectivity index (χ1n) is 11.8. The topological polar surface area (TPSA) is 76.5 Å². The predicted molar refractivity (Wildman–Crippen MR) is 137 cm³/mol. The molecule has 0 radical (unpaired) electrons. The molecule has 7 nitrogen and oxygen atoms in total. The van der Waals surface area contributed by atoms with Gasteiger partial charge in [0.15, 0.2) is 0 Å². The van der Waals surface area contributed by atoms with Crippen LogP contribution in [0, 0.1) is 6.92 Å². The molecule has 0 atom stereocenters. The Hall–Kier alpha value is -3.32. The molecule has 1 saturated heterocycles. The third-order valence-corrected chi connectivity index (χ3v) is 6.31. The van der Waals surface area contributed by atoms with Crippen LogP contribution >= 0.6 is 11.6 Å². The van der Waals surface area contributed by atoms with Gasteiger partial charge in [0.25, 0.3) is 5.91 Å². The van der Waals surface area contributed by atoms with E-state index < -0.39 is 5.60 Å². The minimum Gasteiger partial charge on any atom is -0.444 e. The smallest absolute Gasteiger partial charge is 0.410 e. The summed E-state index contributed by atoms with van der Waals surface area (Å²) in [6.07, 6.45) is 2.70. The fourth-order valence-corrected chi connectivity index (χ4v) is 4.41. The molecule has 184 valence electrons. The maximum atomic E-state index is 13.4. The van der Waals surface area contributed by atoms with Crippen LogP contribution in [0.5, 0.6) is 0 Å². The van der Waals surface area contributed by atoms with Gasteiger partial charge in [-0.3, -0.25) is 4.79 Å². The lowest BCUT2D eigenvalue weighted by atomic mass is 9.90. The van der Waals surface area contributed by atoms with Crippen LogP contribution in [0.25, 0.3) is 5.69 Å². The van der Waals surface area contributed by atoms with E-state index in [-0.39, 0.29) is 17.9 Å². The van der Waals surface area contributed by atoms with Gasteiger partial charge in [-0.2, -0.15) is 5.10 Å². The van der Waals surface area contributed by atoms with E-state index >= 15 is 0 Å². The largest absolute Gasteiger partial charge is 0.444 e. The number of halogens is 1. The van der Waals surface area contributed by atoms with Crippen LogP contribution in [0.2, 0.25) is 5.02 Å². The van der Waals surface area contributed by atoms with Crippen LogP contribution in [0.4, 0.5) is 10.5 Å². The number of aromatic nitrogens is 2. The lowest BCUT2D eigenvalue weighted by molar-refractivity contribution is 0.0203. The molecule has 1 aromatic heterocycles. The maximum Gasteiger partial charge on any atom is 0.410 e. The van der Waals surface area contributed by atoms with Crippen molar-refractivity contribution in [1.82, 2.24) is 14.7 Å². The maximum absolute atomic E-state index is 13.4. The van der Waals surface area contributed by atoms with Crippen LogP contribution < -0.4 is 5.32 Å². The fourth-order valence-electron chi connectivity index (χ4n) is 4.23. The molecule has 0 unspecified atom stereocenters. The van der Waals surface area contributed by atoms with E-state index in [1.165, 1.54) is 0 Å². The van der Waals surface area contributed by atoms with E-state index in [4.69, 9.17) is 16.3 Å². The van der Waals surface area contributed by atoms with Gasteiger partial charge < -0.3 is 15.0 Å². The van der Waals surface area contributed by atoms with Gasteiger partial charge in [-0.15, -0.1) is 0 Å². The van der Waals surface area contributed by atoms with Crippen LogP contribution in [-0.2, 0) is 4.74 Å². The Kier molecular flexibility index (Phi) is 7.17. The summed E-state index contributed by atoms with van der Waals surface area (Å²) in [4.78, 5) is 27.6. The van der Waals surface area contributed by atoms with Gasteiger partial charge in [0.1, 0.15) is 5.60 Å². The third kappa shape index (κ3) is 5.85. The molecule has 3 aromatic rings. The van der Waals surface area contributed by atoms with Gasteiger partial charge in [0.2, 0.25) is 0 Å². The Labute approximate surface area is 211 Å². The summed E-state index contributed by atoms with van der Waals surface area (Å²) >= 11 is 6.27. The van der Waals surface area contributed by atoms with Crippen molar-refractivity contribution >= 4 is 29.3 Å². The van der Waals surface area contributed by atoms with Crippen LogP contribution in [0.15, 0.2) is 54.7 Å². The van der Waals surface area contributed by atoms with Crippen molar-refractivity contribution in [3.8, 4) is 5.69 Å². The molecule has 1 aliphatic rings. The third-order valence-electron chi connectivity index (χ3n) is 5.99. The number of rotatable bonds is 4. The molecule has 35 heavy (non-hydrogen) atoms. The first-order valence-corrected chi connectivity index (χ1v) is 12.2. The second-order valence-electron chi connectivity index (χ2n) is 9.87. The number of ether oxygens (including phenoxy) is 1. The van der Waals surface area contributed by atoms with Gasteiger partial charge in [-0.1, -0.05) is 41.4 Å². The second kappa shape index (κ2) is 10.1. The van der Waals surface area contributed by atoms with Crippen molar-refractivity contribution in [3.05, 3.63) is 76.6 Å². The minimum atomic E-state index is -0.540. The molecule has 0 spiro atoms. The number of hydrogen-bond donors (Lipinski definition) is 1. The number of amides is 2. The molecule has 0 bridgehead atoms. The molecule has 4 rings (SSSR count). The predicted octanol–water partition coefficient (Wildman–Crippen LogP) is 6.20. The summed E-state index contributed by atoms with van der Waals surface area (Å²) in [5, 5.41) is 7.99.